The van der Waals surface area contributed by atoms with Gasteiger partial charge in [-0.25, -0.2) is 4.79 Å². The van der Waals surface area contributed by atoms with Gasteiger partial charge in [0.2, 0.25) is 12.1 Å². The minimum absolute atomic E-state index is 0.103. The molecule has 1 amide bonds. The van der Waals surface area contributed by atoms with Crippen LogP contribution in [0.25, 0.3) is 10.9 Å². The van der Waals surface area contributed by atoms with Gasteiger partial charge in [-0.2, -0.15) is 0 Å². The number of aromatic amines is 1. The largest absolute Gasteiger partial charge is 0.468 e. The molecule has 1 saturated carbocycles. The van der Waals surface area contributed by atoms with Crippen molar-refractivity contribution in [1.29, 1.82) is 0 Å². The summed E-state index contributed by atoms with van der Waals surface area (Å²) in [5, 5.41) is 13.1. The molecule has 2 bridgehead atoms. The molecule has 7 heterocycles. The molecule has 2 spiro atoms. The summed E-state index contributed by atoms with van der Waals surface area (Å²) in [6.07, 6.45) is 11.0. The Morgan fingerprint density at radius 1 is 1.03 bits per heavy atom. The number of ether oxygens (including phenoxy) is 5. The first kappa shape index (κ1) is 41.7. The molecule has 3 unspecified atom stereocenters. The molecular weight excluding hydrogens is 793 g/mol. The highest BCUT2D eigenvalue weighted by Crippen LogP contribution is 2.82. The van der Waals surface area contributed by atoms with Gasteiger partial charge in [0.1, 0.15) is 5.41 Å². The molecule has 14 heteroatoms. The van der Waals surface area contributed by atoms with E-state index in [1.54, 1.807) is 7.11 Å². The first-order chi connectivity index (χ1) is 29.8. The Hall–Kier alpha value is -4.34. The topological polar surface area (TPSA) is 163 Å². The predicted molar refractivity (Wildman–Crippen MR) is 226 cm³/mol. The van der Waals surface area contributed by atoms with Gasteiger partial charge >= 0.3 is 17.9 Å². The molecule has 0 radical (unpaired) electrons. The quantitative estimate of drug-likeness (QED) is 0.122. The number of hydrogen-bond acceptors (Lipinski definition) is 12. The zero-order chi connectivity index (χ0) is 43.8. The van der Waals surface area contributed by atoms with Crippen LogP contribution >= 0.6 is 0 Å². The van der Waals surface area contributed by atoms with Gasteiger partial charge in [-0.15, -0.1) is 0 Å². The summed E-state index contributed by atoms with van der Waals surface area (Å²) in [5.41, 5.74) is -2.51. The fourth-order valence-corrected chi connectivity index (χ4v) is 14.5. The van der Waals surface area contributed by atoms with E-state index in [2.05, 4.69) is 58.1 Å². The number of carbonyl (C=O) groups is 4. The van der Waals surface area contributed by atoms with Crippen molar-refractivity contribution in [3.63, 3.8) is 0 Å². The summed E-state index contributed by atoms with van der Waals surface area (Å²) in [6, 6.07) is 6.07. The van der Waals surface area contributed by atoms with Gasteiger partial charge in [0, 0.05) is 79.9 Å². The molecule has 1 aromatic heterocycles. The van der Waals surface area contributed by atoms with Gasteiger partial charge in [0.15, 0.2) is 6.10 Å². The van der Waals surface area contributed by atoms with E-state index in [9.17, 15) is 19.5 Å². The van der Waals surface area contributed by atoms with E-state index in [4.69, 9.17) is 23.7 Å². The number of methoxy groups -OCH3 is 3. The summed E-state index contributed by atoms with van der Waals surface area (Å²) in [6.45, 7) is 10.7. The highest BCUT2D eigenvalue weighted by atomic mass is 16.7. The minimum Gasteiger partial charge on any atom is -0.468 e. The van der Waals surface area contributed by atoms with Crippen LogP contribution in [0.15, 0.2) is 53.8 Å². The van der Waals surface area contributed by atoms with Crippen LogP contribution in [0, 0.1) is 22.7 Å². The number of aryl methyl sites for hydroxylation is 1. The van der Waals surface area contributed by atoms with Gasteiger partial charge in [-0.3, -0.25) is 29.1 Å². The number of allylic oxidation sites excluding steroid dienone is 1. The summed E-state index contributed by atoms with van der Waals surface area (Å²) in [4.78, 5) is 67.2. The Balaban J connectivity index is 1.27. The molecule has 1 aromatic carbocycles. The lowest BCUT2D eigenvalue weighted by atomic mass is 9.48. The first-order valence-electron chi connectivity index (χ1n) is 22.5. The van der Waals surface area contributed by atoms with Crippen LogP contribution in [-0.4, -0.2) is 138 Å². The van der Waals surface area contributed by atoms with Crippen molar-refractivity contribution in [3.8, 4) is 0 Å². The molecule has 10 rings (SSSR count). The van der Waals surface area contributed by atoms with Gasteiger partial charge in [0.05, 0.1) is 31.3 Å². The van der Waals surface area contributed by atoms with E-state index >= 15 is 4.79 Å². The normalized spacial score (nSPS) is 41.2. The molecule has 62 heavy (non-hydrogen) atoms. The molecule has 14 nitrogen and oxygen atoms in total. The van der Waals surface area contributed by atoms with E-state index in [1.165, 1.54) is 31.6 Å². The summed E-state index contributed by atoms with van der Waals surface area (Å²) >= 11 is 0. The highest BCUT2D eigenvalue weighted by molar-refractivity contribution is 5.93. The Morgan fingerprint density at radius 2 is 1.82 bits per heavy atom. The van der Waals surface area contributed by atoms with E-state index in [0.29, 0.717) is 76.9 Å². The van der Waals surface area contributed by atoms with Gasteiger partial charge in [-0.1, -0.05) is 45.1 Å². The van der Waals surface area contributed by atoms with Crippen LogP contribution in [0.1, 0.15) is 76.6 Å². The van der Waals surface area contributed by atoms with Crippen molar-refractivity contribution in [2.75, 3.05) is 54.1 Å². The minimum atomic E-state index is -1.87. The second-order valence-corrected chi connectivity index (χ2v) is 19.3. The van der Waals surface area contributed by atoms with Crippen LogP contribution in [0.5, 0.6) is 0 Å². The molecule has 2 N–H and O–H groups in total. The van der Waals surface area contributed by atoms with Crippen LogP contribution < -0.4 is 0 Å². The number of likely N-dealkylation sites (tertiary alicyclic amines) is 1. The highest BCUT2D eigenvalue weighted by Gasteiger charge is 3.00. The second kappa shape index (κ2) is 14.1. The number of nitrogens with one attached hydrogen (secondary N) is 1. The van der Waals surface area contributed by atoms with Crippen molar-refractivity contribution in [1.82, 2.24) is 19.7 Å². The number of fused-ring (bicyclic) bond motifs is 6. The standard InChI is InChI=1S/C48H60N4O10/c1-8-29-12-13-35-32(20-29)31-14-18-50-25-30(23-43(57,9-2)26-50)24-45(38(31)49-35,41(55)59-6)34-21-33-36(22-37(34)58-5)52(27-53)48-46(33)16-19-51-17-11-15-44(10-3,39(46)51)40(61-28(4)54)47(48,62-48)42(56)60-7/h11-13,15,20-22,27,30,34,37,39-40,49,57H,8-10,14,16-19,23-26H2,1-7H3/t30-,34?,37?,39+,40-,43+,44-,45+,46-,47+,48+/m1/s1. The summed E-state index contributed by atoms with van der Waals surface area (Å²) in [5.74, 6) is -2.51. The molecule has 6 aliphatic heterocycles. The number of aromatic nitrogens is 1. The molecule has 12 atom stereocenters. The number of benzene rings is 1. The van der Waals surface area contributed by atoms with E-state index in [-0.39, 0.29) is 12.0 Å². The number of hydrogen-bond donors (Lipinski definition) is 2. The number of carbonyl (C=O) groups excluding carboxylic acids is 4. The number of esters is 3. The third-order valence-corrected chi connectivity index (χ3v) is 16.9. The number of epoxide rings is 1. The lowest BCUT2D eigenvalue weighted by Crippen LogP contribution is -2.74. The number of piperidine rings is 1. The van der Waals surface area contributed by atoms with Crippen molar-refractivity contribution in [2.24, 2.45) is 22.7 Å². The number of amides is 1. The molecule has 8 aliphatic rings. The molecule has 332 valence electrons. The summed E-state index contributed by atoms with van der Waals surface area (Å²) < 4.78 is 31.4. The number of rotatable bonds is 9. The predicted octanol–water partition coefficient (Wildman–Crippen LogP) is 4.09. The Bertz CT molecular complexity index is 2360. The van der Waals surface area contributed by atoms with Gasteiger partial charge < -0.3 is 33.8 Å². The molecule has 2 aromatic rings. The Kier molecular flexibility index (Phi) is 9.46. The van der Waals surface area contributed by atoms with Crippen LogP contribution in [0.3, 0.4) is 0 Å². The van der Waals surface area contributed by atoms with E-state index in [1.807, 2.05) is 19.9 Å². The van der Waals surface area contributed by atoms with E-state index < -0.39 is 69.2 Å². The maximum Gasteiger partial charge on any atom is 0.347 e. The number of nitrogens with zero attached hydrogens (tertiary/aromatic N) is 3. The summed E-state index contributed by atoms with van der Waals surface area (Å²) in [7, 11) is 4.35. The average Bonchev–Trinajstić information content (AvgIpc) is 3.50. The first-order valence-corrected chi connectivity index (χ1v) is 22.5. The second-order valence-electron chi connectivity index (χ2n) is 19.3. The van der Waals surface area contributed by atoms with Gasteiger partial charge in [0.25, 0.3) is 5.60 Å². The fourth-order valence-electron chi connectivity index (χ4n) is 14.5. The van der Waals surface area contributed by atoms with Crippen LogP contribution in [0.4, 0.5) is 0 Å². The van der Waals surface area contributed by atoms with Crippen molar-refractivity contribution < 1.29 is 48.0 Å². The van der Waals surface area contributed by atoms with Crippen molar-refractivity contribution in [3.05, 3.63) is 70.6 Å². The SMILES string of the molecule is CCc1ccc2[nH]c3c(c2c1)CCN1C[C@H](C[C@@](O)(CC)C1)C[C@]3(C(=O)OC)C1C=C2C(=CC1OC)N(C=O)[C@@]13O[C@]1(C(=O)OC)[C@H](OC(C)=O)[C@]1(CC)C=CCN4CC[C@]23[C@@H]41. The van der Waals surface area contributed by atoms with E-state index in [0.717, 1.165) is 40.6 Å². The van der Waals surface area contributed by atoms with Crippen LogP contribution in [-0.2, 0) is 61.1 Å². The third kappa shape index (κ3) is 4.93. The molecular formula is C48H60N4O10. The zero-order valence-electron chi connectivity index (χ0n) is 37.0. The third-order valence-electron chi connectivity index (χ3n) is 16.9. The Morgan fingerprint density at radius 3 is 2.50 bits per heavy atom. The lowest BCUT2D eigenvalue weighted by molar-refractivity contribution is -0.183. The number of H-pyrrole nitrogens is 1. The molecule has 5 fully saturated rings. The van der Waals surface area contributed by atoms with Crippen molar-refractivity contribution >= 4 is 35.2 Å². The van der Waals surface area contributed by atoms with Gasteiger partial charge in [-0.05, 0) is 92.3 Å². The smallest absolute Gasteiger partial charge is 0.347 e. The lowest BCUT2D eigenvalue weighted by Gasteiger charge is -2.58. The monoisotopic (exact) mass is 852 g/mol. The van der Waals surface area contributed by atoms with Crippen molar-refractivity contribution in [2.45, 2.75) is 113 Å². The van der Waals surface area contributed by atoms with Crippen LogP contribution in [0.2, 0.25) is 0 Å². The Labute approximate surface area is 362 Å². The molecule has 4 saturated heterocycles. The maximum absolute atomic E-state index is 15.5. The zero-order valence-corrected chi connectivity index (χ0v) is 37.0. The molecule has 2 aliphatic carbocycles. The maximum atomic E-state index is 15.5. The average molecular weight is 853 g/mol. The fraction of sp³-hybridized carbons (Fsp3) is 0.625. The number of aliphatic hydroxyl groups is 1.